The number of nitrogens with zero attached hydrogens (tertiary/aromatic N) is 2. The van der Waals surface area contributed by atoms with Crippen LogP contribution in [0.15, 0.2) is 48.5 Å². The number of carbonyl (C=O) groups is 1. The summed E-state index contributed by atoms with van der Waals surface area (Å²) in [6, 6.07) is 16.0. The largest absolute Gasteiger partial charge is 0.310 e. The van der Waals surface area contributed by atoms with E-state index < -0.39 is 10.8 Å². The highest BCUT2D eigenvalue weighted by Gasteiger charge is 2.28. The molecular weight excluding hydrogens is 370 g/mol. The average Bonchev–Trinajstić information content (AvgIpc) is 3.20. The molecule has 28 heavy (non-hydrogen) atoms. The van der Waals surface area contributed by atoms with Gasteiger partial charge in [0.15, 0.2) is 0 Å². The third kappa shape index (κ3) is 3.64. The van der Waals surface area contributed by atoms with Crippen LogP contribution in [0.3, 0.4) is 0 Å². The summed E-state index contributed by atoms with van der Waals surface area (Å²) in [5.41, 5.74) is 6.07. The van der Waals surface area contributed by atoms with E-state index in [2.05, 4.69) is 25.2 Å². The Balaban J connectivity index is 1.63. The van der Waals surface area contributed by atoms with Crippen molar-refractivity contribution >= 4 is 22.5 Å². The first kappa shape index (κ1) is 18.6. The van der Waals surface area contributed by atoms with Crippen molar-refractivity contribution in [1.29, 1.82) is 0 Å². The summed E-state index contributed by atoms with van der Waals surface area (Å²) in [5, 5.41) is 7.75. The highest BCUT2D eigenvalue weighted by atomic mass is 32.2. The van der Waals surface area contributed by atoms with E-state index >= 15 is 0 Å². The van der Waals surface area contributed by atoms with E-state index in [4.69, 9.17) is 5.10 Å². The van der Waals surface area contributed by atoms with Crippen LogP contribution in [-0.4, -0.2) is 19.9 Å². The Hall–Kier alpha value is -2.73. The lowest BCUT2D eigenvalue weighted by Crippen LogP contribution is -2.17. The number of anilines is 1. The van der Waals surface area contributed by atoms with Crippen molar-refractivity contribution in [2.75, 3.05) is 5.32 Å². The summed E-state index contributed by atoms with van der Waals surface area (Å²) in [6.07, 6.45) is 1.07. The molecule has 1 atom stereocenters. The van der Waals surface area contributed by atoms with E-state index in [1.165, 1.54) is 0 Å². The van der Waals surface area contributed by atoms with E-state index in [1.54, 1.807) is 0 Å². The number of hydrogen-bond donors (Lipinski definition) is 1. The number of fused-ring (bicyclic) bond motifs is 1. The molecule has 1 aliphatic rings. The molecule has 0 bridgehead atoms. The number of amides is 1. The molecule has 1 N–H and O–H groups in total. The maximum atomic E-state index is 12.7. The first-order chi connectivity index (χ1) is 13.5. The zero-order chi connectivity index (χ0) is 19.7. The summed E-state index contributed by atoms with van der Waals surface area (Å²) in [4.78, 5) is 12.7. The highest BCUT2D eigenvalue weighted by Crippen LogP contribution is 2.32. The predicted molar refractivity (Wildman–Crippen MR) is 112 cm³/mol. The Kier molecular flexibility index (Phi) is 5.13. The molecule has 1 aliphatic heterocycles. The molecule has 5 nitrogen and oxygen atoms in total. The number of aryl methyl sites for hydroxylation is 2. The van der Waals surface area contributed by atoms with Gasteiger partial charge < -0.3 is 5.32 Å². The maximum absolute atomic E-state index is 12.7. The van der Waals surface area contributed by atoms with Crippen LogP contribution < -0.4 is 5.32 Å². The number of rotatable bonds is 5. The molecule has 0 saturated heterocycles. The Morgan fingerprint density at radius 2 is 1.89 bits per heavy atom. The van der Waals surface area contributed by atoms with Gasteiger partial charge in [-0.1, -0.05) is 42.5 Å². The van der Waals surface area contributed by atoms with E-state index in [1.807, 2.05) is 47.1 Å². The van der Waals surface area contributed by atoms with Gasteiger partial charge in [0, 0.05) is 22.8 Å². The third-order valence-corrected chi connectivity index (χ3v) is 6.42. The van der Waals surface area contributed by atoms with Gasteiger partial charge >= 0.3 is 0 Å². The Bertz CT molecular complexity index is 1060. The first-order valence-electron chi connectivity index (χ1n) is 9.39. The topological polar surface area (TPSA) is 64.0 Å². The zero-order valence-electron chi connectivity index (χ0n) is 16.1. The van der Waals surface area contributed by atoms with Gasteiger partial charge in [0.1, 0.15) is 5.82 Å². The van der Waals surface area contributed by atoms with Gasteiger partial charge in [-0.25, -0.2) is 4.68 Å². The number of benzene rings is 2. The minimum atomic E-state index is -0.948. The van der Waals surface area contributed by atoms with Crippen molar-refractivity contribution in [2.24, 2.45) is 0 Å². The number of hydrogen-bond acceptors (Lipinski definition) is 3. The van der Waals surface area contributed by atoms with Crippen LogP contribution >= 0.6 is 0 Å². The fourth-order valence-corrected chi connectivity index (χ4v) is 4.76. The fourth-order valence-electron chi connectivity index (χ4n) is 3.49. The fraction of sp³-hybridized carbons (Fsp3) is 0.273. The molecule has 1 amide bonds. The molecule has 0 radical (unpaired) electrons. The molecule has 0 spiro atoms. The average molecular weight is 394 g/mol. The van der Waals surface area contributed by atoms with Crippen molar-refractivity contribution in [3.05, 3.63) is 76.5 Å². The SMILES string of the molecule is Cc1cccc(-n2nc3c(c2NC(=O)CCc2ccccc2)C[S@@](=O)C3)c1C. The van der Waals surface area contributed by atoms with Gasteiger partial charge in [-0.15, -0.1) is 0 Å². The van der Waals surface area contributed by atoms with Crippen LogP contribution in [0.1, 0.15) is 34.4 Å². The second-order valence-corrected chi connectivity index (χ2v) is 8.62. The minimum Gasteiger partial charge on any atom is -0.310 e. The summed E-state index contributed by atoms with van der Waals surface area (Å²) in [6.45, 7) is 4.11. The minimum absolute atomic E-state index is 0.0595. The molecule has 144 valence electrons. The van der Waals surface area contributed by atoms with E-state index in [0.29, 0.717) is 30.2 Å². The molecule has 1 aromatic heterocycles. The third-order valence-electron chi connectivity index (χ3n) is 5.22. The summed E-state index contributed by atoms with van der Waals surface area (Å²) in [5.74, 6) is 1.48. The Morgan fingerprint density at radius 3 is 2.68 bits per heavy atom. The van der Waals surface area contributed by atoms with Crippen LogP contribution in [0.4, 0.5) is 5.82 Å². The number of aromatic nitrogens is 2. The molecule has 2 heterocycles. The zero-order valence-corrected chi connectivity index (χ0v) is 16.9. The van der Waals surface area contributed by atoms with Crippen LogP contribution in [0.2, 0.25) is 0 Å². The molecule has 2 aromatic carbocycles. The molecule has 0 unspecified atom stereocenters. The van der Waals surface area contributed by atoms with Gasteiger partial charge in [0.2, 0.25) is 5.91 Å². The van der Waals surface area contributed by atoms with Gasteiger partial charge in [-0.05, 0) is 43.0 Å². The second-order valence-electron chi connectivity index (χ2n) is 7.17. The lowest BCUT2D eigenvalue weighted by molar-refractivity contribution is -0.116. The lowest BCUT2D eigenvalue weighted by Gasteiger charge is -2.14. The van der Waals surface area contributed by atoms with Crippen LogP contribution in [0.5, 0.6) is 0 Å². The van der Waals surface area contributed by atoms with Crippen LogP contribution in [-0.2, 0) is 33.5 Å². The first-order valence-corrected chi connectivity index (χ1v) is 10.9. The van der Waals surface area contributed by atoms with Crippen LogP contribution in [0.25, 0.3) is 5.69 Å². The van der Waals surface area contributed by atoms with Gasteiger partial charge in [-0.2, -0.15) is 5.10 Å². The van der Waals surface area contributed by atoms with Crippen molar-refractivity contribution in [1.82, 2.24) is 9.78 Å². The molecular formula is C22H23N3O2S. The van der Waals surface area contributed by atoms with Gasteiger partial charge in [-0.3, -0.25) is 9.00 Å². The monoisotopic (exact) mass is 393 g/mol. The second kappa shape index (κ2) is 7.72. The summed E-state index contributed by atoms with van der Waals surface area (Å²) >= 11 is 0. The molecule has 3 aromatic rings. The standard InChI is InChI=1S/C22H23N3O2S/c1-15-7-6-10-20(16(15)2)25-22(18-13-28(27)14-19(18)24-25)23-21(26)12-11-17-8-4-3-5-9-17/h3-10H,11-14H2,1-2H3,(H,23,26)/t28-/m1/s1. The smallest absolute Gasteiger partial charge is 0.225 e. The maximum Gasteiger partial charge on any atom is 0.225 e. The molecule has 0 aliphatic carbocycles. The highest BCUT2D eigenvalue weighted by molar-refractivity contribution is 7.83. The van der Waals surface area contributed by atoms with E-state index in [-0.39, 0.29) is 5.91 Å². The normalized spacial score (nSPS) is 15.4. The van der Waals surface area contributed by atoms with Crippen molar-refractivity contribution < 1.29 is 9.00 Å². The van der Waals surface area contributed by atoms with E-state index in [0.717, 1.165) is 33.6 Å². The van der Waals surface area contributed by atoms with Crippen molar-refractivity contribution in [3.8, 4) is 5.69 Å². The summed E-state index contributed by atoms with van der Waals surface area (Å²) in [7, 11) is -0.948. The molecule has 6 heteroatoms. The number of carbonyl (C=O) groups excluding carboxylic acids is 1. The number of nitrogens with one attached hydrogen (secondary N) is 1. The molecule has 0 saturated carbocycles. The van der Waals surface area contributed by atoms with Crippen LogP contribution in [0, 0.1) is 13.8 Å². The Labute approximate surface area is 167 Å². The van der Waals surface area contributed by atoms with Gasteiger partial charge in [0.25, 0.3) is 0 Å². The quantitative estimate of drug-likeness (QED) is 0.717. The Morgan fingerprint density at radius 1 is 1.11 bits per heavy atom. The summed E-state index contributed by atoms with van der Waals surface area (Å²) < 4.78 is 13.8. The van der Waals surface area contributed by atoms with Crippen molar-refractivity contribution in [2.45, 2.75) is 38.2 Å². The van der Waals surface area contributed by atoms with Gasteiger partial charge in [0.05, 0.1) is 22.9 Å². The van der Waals surface area contributed by atoms with E-state index in [9.17, 15) is 9.00 Å². The van der Waals surface area contributed by atoms with Crippen molar-refractivity contribution in [3.63, 3.8) is 0 Å². The molecule has 0 fully saturated rings. The predicted octanol–water partition coefficient (Wildman–Crippen LogP) is 3.82. The molecule has 4 rings (SSSR count). The lowest BCUT2D eigenvalue weighted by atomic mass is 10.1.